The van der Waals surface area contributed by atoms with Gasteiger partial charge in [-0.3, -0.25) is 4.79 Å². The number of nitrogens with one attached hydrogen (secondary N) is 1. The average molecular weight is 259 g/mol. The van der Waals surface area contributed by atoms with Crippen molar-refractivity contribution in [1.29, 1.82) is 0 Å². The zero-order chi connectivity index (χ0) is 14.0. The SMILES string of the molecule is CCn1c(C)cc(CNc2ccc(=O)n(C)c2)c1C. The Labute approximate surface area is 113 Å². The molecule has 4 nitrogen and oxygen atoms in total. The highest BCUT2D eigenvalue weighted by Crippen LogP contribution is 2.16. The first kappa shape index (κ1) is 13.5. The van der Waals surface area contributed by atoms with Crippen molar-refractivity contribution in [2.75, 3.05) is 5.32 Å². The molecule has 0 saturated carbocycles. The Hall–Kier alpha value is -1.97. The van der Waals surface area contributed by atoms with E-state index in [0.29, 0.717) is 0 Å². The van der Waals surface area contributed by atoms with Gasteiger partial charge in [-0.2, -0.15) is 0 Å². The number of rotatable bonds is 4. The van der Waals surface area contributed by atoms with Crippen LogP contribution < -0.4 is 10.9 Å². The summed E-state index contributed by atoms with van der Waals surface area (Å²) in [5.41, 5.74) is 4.86. The molecule has 1 N–H and O–H groups in total. The van der Waals surface area contributed by atoms with Crippen LogP contribution in [0, 0.1) is 13.8 Å². The van der Waals surface area contributed by atoms with E-state index in [1.165, 1.54) is 17.0 Å². The summed E-state index contributed by atoms with van der Waals surface area (Å²) in [5.74, 6) is 0. The minimum atomic E-state index is 0.00899. The number of aromatic nitrogens is 2. The summed E-state index contributed by atoms with van der Waals surface area (Å²) in [6.45, 7) is 8.21. The number of anilines is 1. The van der Waals surface area contributed by atoms with Gasteiger partial charge in [0.05, 0.1) is 5.69 Å². The first-order valence-corrected chi connectivity index (χ1v) is 6.59. The Morgan fingerprint density at radius 1 is 1.26 bits per heavy atom. The van der Waals surface area contributed by atoms with Gasteiger partial charge in [-0.05, 0) is 38.5 Å². The van der Waals surface area contributed by atoms with Gasteiger partial charge < -0.3 is 14.5 Å². The lowest BCUT2D eigenvalue weighted by molar-refractivity contribution is 0.715. The molecule has 0 spiro atoms. The molecule has 2 aromatic rings. The van der Waals surface area contributed by atoms with Crippen molar-refractivity contribution < 1.29 is 0 Å². The second-order valence-corrected chi connectivity index (χ2v) is 4.86. The molecule has 0 bridgehead atoms. The molecule has 0 aliphatic carbocycles. The lowest BCUT2D eigenvalue weighted by Crippen LogP contribution is -2.15. The van der Waals surface area contributed by atoms with Gasteiger partial charge in [0.15, 0.2) is 0 Å². The van der Waals surface area contributed by atoms with Gasteiger partial charge in [-0.25, -0.2) is 0 Å². The third-order valence-electron chi connectivity index (χ3n) is 3.56. The first-order chi connectivity index (χ1) is 9.02. The molecule has 102 valence electrons. The van der Waals surface area contributed by atoms with Crippen molar-refractivity contribution in [3.8, 4) is 0 Å². The Morgan fingerprint density at radius 2 is 2.00 bits per heavy atom. The molecule has 0 aliphatic rings. The number of nitrogens with zero attached hydrogens (tertiary/aromatic N) is 2. The number of pyridine rings is 1. The molecule has 0 saturated heterocycles. The lowest BCUT2D eigenvalue weighted by atomic mass is 10.2. The maximum absolute atomic E-state index is 11.3. The van der Waals surface area contributed by atoms with Gasteiger partial charge in [-0.15, -0.1) is 0 Å². The molecule has 0 unspecified atom stereocenters. The standard InChI is InChI=1S/C15H21N3O/c1-5-18-11(2)8-13(12(18)3)9-16-14-6-7-15(19)17(4)10-14/h6-8,10,16H,5,9H2,1-4H3. The third kappa shape index (κ3) is 2.72. The smallest absolute Gasteiger partial charge is 0.250 e. The minimum absolute atomic E-state index is 0.00899. The van der Waals surface area contributed by atoms with Crippen molar-refractivity contribution in [1.82, 2.24) is 9.13 Å². The molecule has 0 amide bonds. The van der Waals surface area contributed by atoms with Gasteiger partial charge in [0, 0.05) is 43.8 Å². The fourth-order valence-electron chi connectivity index (χ4n) is 2.43. The molecule has 0 fully saturated rings. The lowest BCUT2D eigenvalue weighted by Gasteiger charge is -2.09. The van der Waals surface area contributed by atoms with Crippen LogP contribution in [0.3, 0.4) is 0 Å². The summed E-state index contributed by atoms with van der Waals surface area (Å²) in [7, 11) is 1.76. The summed E-state index contributed by atoms with van der Waals surface area (Å²) >= 11 is 0. The second kappa shape index (κ2) is 5.34. The number of aryl methyl sites for hydroxylation is 2. The van der Waals surface area contributed by atoms with Gasteiger partial charge in [0.2, 0.25) is 5.56 Å². The van der Waals surface area contributed by atoms with E-state index in [4.69, 9.17) is 0 Å². The minimum Gasteiger partial charge on any atom is -0.380 e. The average Bonchev–Trinajstić information content (AvgIpc) is 2.65. The highest BCUT2D eigenvalue weighted by molar-refractivity contribution is 5.42. The fourth-order valence-corrected chi connectivity index (χ4v) is 2.43. The van der Waals surface area contributed by atoms with Crippen LogP contribution in [0.15, 0.2) is 29.2 Å². The Kier molecular flexibility index (Phi) is 3.79. The van der Waals surface area contributed by atoms with E-state index in [-0.39, 0.29) is 5.56 Å². The fraction of sp³-hybridized carbons (Fsp3) is 0.400. The molecule has 2 aromatic heterocycles. The normalized spacial score (nSPS) is 10.7. The van der Waals surface area contributed by atoms with Crippen LogP contribution in [0.25, 0.3) is 0 Å². The van der Waals surface area contributed by atoms with Crippen molar-refractivity contribution in [3.63, 3.8) is 0 Å². The van der Waals surface area contributed by atoms with E-state index in [1.807, 2.05) is 12.3 Å². The number of hydrogen-bond donors (Lipinski definition) is 1. The van der Waals surface area contributed by atoms with Gasteiger partial charge in [0.25, 0.3) is 0 Å². The van der Waals surface area contributed by atoms with E-state index in [0.717, 1.165) is 18.8 Å². The maximum Gasteiger partial charge on any atom is 0.250 e. The summed E-state index contributed by atoms with van der Waals surface area (Å²) < 4.78 is 3.88. The van der Waals surface area contributed by atoms with Gasteiger partial charge in [-0.1, -0.05) is 0 Å². The Bertz CT molecular complexity index is 637. The quantitative estimate of drug-likeness (QED) is 0.916. The second-order valence-electron chi connectivity index (χ2n) is 4.86. The predicted octanol–water partition coefficient (Wildman–Crippen LogP) is 2.44. The molecule has 0 aromatic carbocycles. The van der Waals surface area contributed by atoms with E-state index < -0.39 is 0 Å². The van der Waals surface area contributed by atoms with Gasteiger partial charge in [0.1, 0.15) is 0 Å². The van der Waals surface area contributed by atoms with Crippen LogP contribution in [0.4, 0.5) is 5.69 Å². The molecular weight excluding hydrogens is 238 g/mol. The maximum atomic E-state index is 11.3. The van der Waals surface area contributed by atoms with Crippen molar-refractivity contribution in [2.45, 2.75) is 33.9 Å². The summed E-state index contributed by atoms with van der Waals surface area (Å²) in [6, 6.07) is 5.62. The summed E-state index contributed by atoms with van der Waals surface area (Å²) in [4.78, 5) is 11.3. The highest BCUT2D eigenvalue weighted by Gasteiger charge is 2.07. The van der Waals surface area contributed by atoms with E-state index in [2.05, 4.69) is 36.7 Å². The molecular formula is C15H21N3O. The van der Waals surface area contributed by atoms with Crippen LogP contribution in [0.1, 0.15) is 23.9 Å². The predicted molar refractivity (Wildman–Crippen MR) is 78.6 cm³/mol. The van der Waals surface area contributed by atoms with Crippen molar-refractivity contribution >= 4 is 5.69 Å². The number of hydrogen-bond acceptors (Lipinski definition) is 2. The van der Waals surface area contributed by atoms with Crippen LogP contribution in [-0.4, -0.2) is 9.13 Å². The monoisotopic (exact) mass is 259 g/mol. The Balaban J connectivity index is 2.14. The van der Waals surface area contributed by atoms with Crippen LogP contribution in [0.5, 0.6) is 0 Å². The first-order valence-electron chi connectivity index (χ1n) is 6.59. The van der Waals surface area contributed by atoms with Crippen LogP contribution in [-0.2, 0) is 20.1 Å². The summed E-state index contributed by atoms with van der Waals surface area (Å²) in [5, 5.41) is 3.36. The topological polar surface area (TPSA) is 39.0 Å². The molecule has 19 heavy (non-hydrogen) atoms. The highest BCUT2D eigenvalue weighted by atomic mass is 16.1. The van der Waals surface area contributed by atoms with Crippen LogP contribution in [0.2, 0.25) is 0 Å². The molecule has 2 heterocycles. The van der Waals surface area contributed by atoms with E-state index in [1.54, 1.807) is 17.7 Å². The zero-order valence-electron chi connectivity index (χ0n) is 12.0. The van der Waals surface area contributed by atoms with Crippen molar-refractivity contribution in [3.05, 3.63) is 51.7 Å². The largest absolute Gasteiger partial charge is 0.380 e. The molecule has 0 aliphatic heterocycles. The molecule has 4 heteroatoms. The molecule has 0 radical (unpaired) electrons. The molecule has 0 atom stereocenters. The van der Waals surface area contributed by atoms with Crippen LogP contribution >= 0.6 is 0 Å². The van der Waals surface area contributed by atoms with Crippen molar-refractivity contribution in [2.24, 2.45) is 7.05 Å². The molecule has 2 rings (SSSR count). The Morgan fingerprint density at radius 3 is 2.58 bits per heavy atom. The van der Waals surface area contributed by atoms with E-state index in [9.17, 15) is 4.79 Å². The van der Waals surface area contributed by atoms with E-state index >= 15 is 0 Å². The zero-order valence-corrected chi connectivity index (χ0v) is 12.0. The summed E-state index contributed by atoms with van der Waals surface area (Å²) in [6.07, 6.45) is 1.82. The van der Waals surface area contributed by atoms with Gasteiger partial charge >= 0.3 is 0 Å². The third-order valence-corrected chi connectivity index (χ3v) is 3.56.